The fourth-order valence-corrected chi connectivity index (χ4v) is 4.49. The smallest absolute Gasteiger partial charge is 0.187 e. The van der Waals surface area contributed by atoms with E-state index >= 15 is 0 Å². The van der Waals surface area contributed by atoms with Gasteiger partial charge >= 0.3 is 0 Å². The Labute approximate surface area is 270 Å². The Hall–Kier alpha value is -3.91. The SMILES string of the molecule is CC(C)C(=O)/C=C(\O)C(C)C.[C-]#[N+]c1ccc(C)c(-c2cnc(-c3[c-]c(C)cc(C)c3)c(-c3cc(C)cc(C)c3)n2)c1.[Ir]. The van der Waals surface area contributed by atoms with E-state index in [1.807, 2.05) is 65.9 Å². The third-order valence-corrected chi connectivity index (χ3v) is 6.75. The fourth-order valence-electron chi connectivity index (χ4n) is 4.49. The zero-order valence-corrected chi connectivity index (χ0v) is 28.9. The van der Waals surface area contributed by atoms with E-state index in [1.54, 1.807) is 0 Å². The van der Waals surface area contributed by atoms with E-state index in [0.29, 0.717) is 5.69 Å². The molecule has 0 fully saturated rings. The summed E-state index contributed by atoms with van der Waals surface area (Å²) >= 11 is 0. The number of hydrogen-bond acceptors (Lipinski definition) is 4. The summed E-state index contributed by atoms with van der Waals surface area (Å²) in [5.74, 6) is 0.161. The van der Waals surface area contributed by atoms with E-state index in [0.717, 1.165) is 44.9 Å². The molecule has 0 saturated carbocycles. The van der Waals surface area contributed by atoms with E-state index in [2.05, 4.69) is 62.0 Å². The van der Waals surface area contributed by atoms with Gasteiger partial charge in [0.15, 0.2) is 11.5 Å². The van der Waals surface area contributed by atoms with Crippen LogP contribution in [0.25, 0.3) is 38.6 Å². The van der Waals surface area contributed by atoms with Crippen LogP contribution in [0.5, 0.6) is 0 Å². The van der Waals surface area contributed by atoms with E-state index in [-0.39, 0.29) is 43.5 Å². The first-order chi connectivity index (χ1) is 19.8. The maximum absolute atomic E-state index is 11.0. The number of aryl methyl sites for hydroxylation is 5. The van der Waals surface area contributed by atoms with Crippen LogP contribution in [-0.4, -0.2) is 20.9 Å². The van der Waals surface area contributed by atoms with Crippen LogP contribution in [0, 0.1) is 59.1 Å². The predicted molar refractivity (Wildman–Crippen MR) is 173 cm³/mol. The number of ketones is 1. The summed E-state index contributed by atoms with van der Waals surface area (Å²) in [6, 6.07) is 19.8. The molecule has 4 rings (SSSR count). The summed E-state index contributed by atoms with van der Waals surface area (Å²) in [5.41, 5.74) is 11.6. The molecule has 0 amide bonds. The Balaban J connectivity index is 0.000000461. The molecule has 0 aliphatic heterocycles. The molecule has 5 nitrogen and oxygen atoms in total. The van der Waals surface area contributed by atoms with Gasteiger partial charge in [0.1, 0.15) is 0 Å². The van der Waals surface area contributed by atoms with Crippen molar-refractivity contribution in [3.05, 3.63) is 112 Å². The minimum absolute atomic E-state index is 0. The molecule has 0 aliphatic carbocycles. The van der Waals surface area contributed by atoms with Gasteiger partial charge in [-0.3, -0.25) is 9.78 Å². The van der Waals surface area contributed by atoms with Crippen LogP contribution in [0.2, 0.25) is 0 Å². The van der Waals surface area contributed by atoms with Gasteiger partial charge in [0, 0.05) is 49.9 Å². The van der Waals surface area contributed by atoms with E-state index in [9.17, 15) is 9.90 Å². The second-order valence-corrected chi connectivity index (χ2v) is 11.5. The number of allylic oxidation sites excluding steroid dienone is 2. The monoisotopic (exact) mass is 751 g/mol. The topological polar surface area (TPSA) is 67.4 Å². The average molecular weight is 751 g/mol. The van der Waals surface area contributed by atoms with Crippen LogP contribution in [-0.2, 0) is 24.9 Å². The van der Waals surface area contributed by atoms with Crippen LogP contribution >= 0.6 is 0 Å². The van der Waals surface area contributed by atoms with Crippen molar-refractivity contribution in [3.63, 3.8) is 0 Å². The molecule has 0 unspecified atom stereocenters. The van der Waals surface area contributed by atoms with Crippen molar-refractivity contribution < 1.29 is 30.0 Å². The van der Waals surface area contributed by atoms with Gasteiger partial charge < -0.3 is 10.1 Å². The van der Waals surface area contributed by atoms with Crippen LogP contribution in [0.15, 0.2) is 66.6 Å². The van der Waals surface area contributed by atoms with Gasteiger partial charge in [0.25, 0.3) is 0 Å². The first kappa shape index (κ1) is 35.3. The molecule has 0 aliphatic rings. The Morgan fingerprint density at radius 2 is 1.51 bits per heavy atom. The van der Waals surface area contributed by atoms with Crippen LogP contribution < -0.4 is 0 Å². The molecule has 0 spiro atoms. The van der Waals surface area contributed by atoms with Crippen molar-refractivity contribution in [1.82, 2.24) is 9.97 Å². The van der Waals surface area contributed by atoms with Crippen molar-refractivity contribution in [2.24, 2.45) is 11.8 Å². The molecular weight excluding hydrogens is 711 g/mol. The number of rotatable bonds is 6. The summed E-state index contributed by atoms with van der Waals surface area (Å²) in [4.78, 5) is 24.6. The maximum Gasteiger partial charge on any atom is 0.187 e. The molecule has 0 bridgehead atoms. The normalized spacial score (nSPS) is 11.0. The van der Waals surface area contributed by atoms with Crippen molar-refractivity contribution in [2.45, 2.75) is 62.3 Å². The number of aliphatic hydroxyl groups excluding tert-OH is 1. The second kappa shape index (κ2) is 15.5. The van der Waals surface area contributed by atoms with E-state index in [1.165, 1.54) is 22.8 Å². The standard InChI is InChI=1S/C28H24N3.C9H16O2.Ir/c1-17-9-18(2)12-22(11-17)27-28(23-13-19(3)10-20(4)14-23)31-26(16-30-27)25-15-24(29-6)8-7-21(25)5;1-6(2)8(10)5-9(11)7(3)4;/h7-11,13-16H,1-5H3;5-7,10H,1-4H3;/q-1;;/b;8-5-;. The Kier molecular flexibility index (Phi) is 12.7. The summed E-state index contributed by atoms with van der Waals surface area (Å²) in [7, 11) is 0. The van der Waals surface area contributed by atoms with Gasteiger partial charge in [-0.1, -0.05) is 83.0 Å². The van der Waals surface area contributed by atoms with E-state index in [4.69, 9.17) is 16.5 Å². The van der Waals surface area contributed by atoms with Gasteiger partial charge in [-0.2, -0.15) is 0 Å². The summed E-state index contributed by atoms with van der Waals surface area (Å²) < 4.78 is 0. The first-order valence-electron chi connectivity index (χ1n) is 14.2. The molecule has 0 atom stereocenters. The Morgan fingerprint density at radius 3 is 2.07 bits per heavy atom. The minimum Gasteiger partial charge on any atom is -0.512 e. The molecular formula is C37H40IrN3O2-. The number of benzene rings is 3. The van der Waals surface area contributed by atoms with Crippen molar-refractivity contribution >= 4 is 11.5 Å². The molecule has 225 valence electrons. The van der Waals surface area contributed by atoms with Gasteiger partial charge in [-0.05, 0) is 43.5 Å². The molecule has 1 N–H and O–H groups in total. The van der Waals surface area contributed by atoms with Gasteiger partial charge in [0.2, 0.25) is 0 Å². The molecule has 0 saturated heterocycles. The van der Waals surface area contributed by atoms with Crippen molar-refractivity contribution in [1.29, 1.82) is 0 Å². The molecule has 1 radical (unpaired) electrons. The number of carbonyl (C=O) groups excluding carboxylic acids is 1. The van der Waals surface area contributed by atoms with Crippen LogP contribution in [0.1, 0.15) is 55.5 Å². The van der Waals surface area contributed by atoms with Crippen molar-refractivity contribution in [3.8, 4) is 33.8 Å². The summed E-state index contributed by atoms with van der Waals surface area (Å²) in [6.07, 6.45) is 3.12. The largest absolute Gasteiger partial charge is 0.512 e. The Morgan fingerprint density at radius 1 is 0.884 bits per heavy atom. The number of aliphatic hydroxyl groups is 1. The quantitative estimate of drug-likeness (QED) is 0.121. The number of nitrogens with zero attached hydrogens (tertiary/aromatic N) is 3. The van der Waals surface area contributed by atoms with Crippen molar-refractivity contribution in [2.75, 3.05) is 0 Å². The minimum atomic E-state index is -0.0316. The number of carbonyl (C=O) groups is 1. The second-order valence-electron chi connectivity index (χ2n) is 11.5. The zero-order chi connectivity index (χ0) is 31.1. The predicted octanol–water partition coefficient (Wildman–Crippen LogP) is 9.68. The van der Waals surface area contributed by atoms with Gasteiger partial charge in [0.05, 0.1) is 23.7 Å². The third-order valence-electron chi connectivity index (χ3n) is 6.75. The molecule has 6 heteroatoms. The molecule has 43 heavy (non-hydrogen) atoms. The van der Waals surface area contributed by atoms with Crippen LogP contribution in [0.4, 0.5) is 5.69 Å². The summed E-state index contributed by atoms with van der Waals surface area (Å²) in [6.45, 7) is 25.0. The average Bonchev–Trinajstić information content (AvgIpc) is 2.92. The molecule has 1 aromatic heterocycles. The maximum atomic E-state index is 11.0. The third kappa shape index (κ3) is 9.55. The molecule has 1 heterocycles. The van der Waals surface area contributed by atoms with E-state index < -0.39 is 0 Å². The van der Waals surface area contributed by atoms with Gasteiger partial charge in [-0.25, -0.2) is 4.85 Å². The Bertz CT molecular complexity index is 1640. The summed E-state index contributed by atoms with van der Waals surface area (Å²) in [5, 5.41) is 9.19. The number of aromatic nitrogens is 2. The number of hydrogen-bond donors (Lipinski definition) is 1. The van der Waals surface area contributed by atoms with Gasteiger partial charge in [-0.15, -0.1) is 34.9 Å². The zero-order valence-electron chi connectivity index (χ0n) is 26.5. The molecule has 3 aromatic carbocycles. The first-order valence-corrected chi connectivity index (χ1v) is 14.2. The molecule has 4 aromatic rings. The fraction of sp³-hybridized carbons (Fsp3) is 0.297. The van der Waals surface area contributed by atoms with Crippen LogP contribution in [0.3, 0.4) is 0 Å².